The summed E-state index contributed by atoms with van der Waals surface area (Å²) < 4.78 is 0. The molecule has 1 aromatic rings. The Balaban J connectivity index is 1.73. The zero-order valence-corrected chi connectivity index (χ0v) is 12.4. The first kappa shape index (κ1) is 15.1. The van der Waals surface area contributed by atoms with Crippen LogP contribution in [-0.4, -0.2) is 23.9 Å². The summed E-state index contributed by atoms with van der Waals surface area (Å²) in [7, 11) is 0. The molecule has 0 aromatic heterocycles. The molecule has 0 saturated carbocycles. The summed E-state index contributed by atoms with van der Waals surface area (Å²) >= 11 is 0. The molecule has 20 heavy (non-hydrogen) atoms. The van der Waals surface area contributed by atoms with Crippen LogP contribution in [0.1, 0.15) is 55.3 Å². The molecule has 1 radical (unpaired) electrons. The smallest absolute Gasteiger partial charge is 0.253 e. The number of rotatable bonds is 6. The minimum Gasteiger partial charge on any atom is -0.339 e. The van der Waals surface area contributed by atoms with Gasteiger partial charge in [-0.15, -0.1) is 0 Å². The molecule has 0 aliphatic carbocycles. The van der Waals surface area contributed by atoms with Crippen molar-refractivity contribution in [3.8, 4) is 0 Å². The summed E-state index contributed by atoms with van der Waals surface area (Å²) in [6.07, 6.45) is 8.62. The van der Waals surface area contributed by atoms with Crippen LogP contribution in [0.4, 0.5) is 0 Å². The Kier molecular flexibility index (Phi) is 6.10. The van der Waals surface area contributed by atoms with Gasteiger partial charge in [-0.1, -0.05) is 57.2 Å². The minimum atomic E-state index is 0.195. The first-order valence-electron chi connectivity index (χ1n) is 7.95. The number of carbonyl (C=O) groups excluding carboxylic acids is 1. The van der Waals surface area contributed by atoms with E-state index < -0.39 is 0 Å². The monoisotopic (exact) mass is 272 g/mol. The summed E-state index contributed by atoms with van der Waals surface area (Å²) in [5.74, 6) is 1.01. The molecule has 1 amide bonds. The van der Waals surface area contributed by atoms with Gasteiger partial charge in [-0.2, -0.15) is 0 Å². The summed E-state index contributed by atoms with van der Waals surface area (Å²) in [6.45, 7) is 5.73. The van der Waals surface area contributed by atoms with Crippen LogP contribution in [0, 0.1) is 12.8 Å². The number of nitrogens with zero attached hydrogens (tertiary/aromatic N) is 1. The second kappa shape index (κ2) is 8.08. The number of amides is 1. The third-order valence-electron chi connectivity index (χ3n) is 4.28. The number of benzene rings is 1. The van der Waals surface area contributed by atoms with Gasteiger partial charge in [0.15, 0.2) is 0 Å². The van der Waals surface area contributed by atoms with E-state index in [9.17, 15) is 4.79 Å². The fourth-order valence-corrected chi connectivity index (χ4v) is 2.97. The van der Waals surface area contributed by atoms with Gasteiger partial charge in [0.25, 0.3) is 5.91 Å². The fraction of sp³-hybridized carbons (Fsp3) is 0.556. The molecule has 1 aliphatic heterocycles. The van der Waals surface area contributed by atoms with Gasteiger partial charge in [-0.25, -0.2) is 0 Å². The molecular weight excluding hydrogens is 246 g/mol. The predicted molar refractivity (Wildman–Crippen MR) is 83.5 cm³/mol. The topological polar surface area (TPSA) is 20.3 Å². The zero-order valence-electron chi connectivity index (χ0n) is 12.4. The molecule has 1 fully saturated rings. The average Bonchev–Trinajstić information content (AvgIpc) is 2.52. The standard InChI is InChI=1S/C18H26NO/c1-2-3-4-6-9-16-12-14-19(15-13-16)18(20)17-10-7-5-8-11-17/h5,7-8,10-11,16H,1-4,6,9,12-15H2. The Labute approximate surface area is 123 Å². The molecule has 1 aliphatic rings. The van der Waals surface area contributed by atoms with E-state index in [0.29, 0.717) is 0 Å². The molecule has 1 heterocycles. The van der Waals surface area contributed by atoms with E-state index in [1.165, 1.54) is 38.5 Å². The predicted octanol–water partition coefficient (Wildman–Crippen LogP) is 4.32. The molecule has 0 atom stereocenters. The summed E-state index contributed by atoms with van der Waals surface area (Å²) in [6, 6.07) is 9.64. The van der Waals surface area contributed by atoms with Crippen molar-refractivity contribution in [2.45, 2.75) is 44.9 Å². The van der Waals surface area contributed by atoms with Crippen LogP contribution in [0.25, 0.3) is 0 Å². The summed E-state index contributed by atoms with van der Waals surface area (Å²) in [5.41, 5.74) is 0.821. The maximum atomic E-state index is 12.3. The molecular formula is C18H26NO. The first-order chi connectivity index (χ1) is 9.81. The van der Waals surface area contributed by atoms with E-state index >= 15 is 0 Å². The van der Waals surface area contributed by atoms with Crippen molar-refractivity contribution in [3.05, 3.63) is 42.8 Å². The van der Waals surface area contributed by atoms with Crippen LogP contribution in [0.3, 0.4) is 0 Å². The molecule has 1 aromatic carbocycles. The van der Waals surface area contributed by atoms with Gasteiger partial charge in [0.2, 0.25) is 0 Å². The lowest BCUT2D eigenvalue weighted by atomic mass is 9.91. The van der Waals surface area contributed by atoms with Crippen molar-refractivity contribution >= 4 is 5.91 Å². The number of hydrogen-bond donors (Lipinski definition) is 0. The molecule has 0 unspecified atom stereocenters. The van der Waals surface area contributed by atoms with E-state index in [0.717, 1.165) is 31.0 Å². The Morgan fingerprint density at radius 1 is 1.10 bits per heavy atom. The SMILES string of the molecule is [CH2]CCCCCC1CCN(C(=O)c2ccccc2)CC1. The number of likely N-dealkylation sites (tertiary alicyclic amines) is 1. The Bertz CT molecular complexity index is 393. The lowest BCUT2D eigenvalue weighted by molar-refractivity contribution is 0.0685. The summed E-state index contributed by atoms with van der Waals surface area (Å²) in [4.78, 5) is 14.3. The molecule has 0 spiro atoms. The van der Waals surface area contributed by atoms with Gasteiger partial charge in [0.05, 0.1) is 0 Å². The van der Waals surface area contributed by atoms with Crippen molar-refractivity contribution in [2.24, 2.45) is 5.92 Å². The summed E-state index contributed by atoms with van der Waals surface area (Å²) in [5, 5.41) is 0. The fourth-order valence-electron chi connectivity index (χ4n) is 2.97. The van der Waals surface area contributed by atoms with E-state index in [-0.39, 0.29) is 5.91 Å². The third-order valence-corrected chi connectivity index (χ3v) is 4.28. The van der Waals surface area contributed by atoms with Gasteiger partial charge in [0, 0.05) is 18.7 Å². The first-order valence-corrected chi connectivity index (χ1v) is 7.95. The molecule has 0 bridgehead atoms. The van der Waals surface area contributed by atoms with Crippen LogP contribution in [-0.2, 0) is 0 Å². The van der Waals surface area contributed by atoms with Gasteiger partial charge in [-0.3, -0.25) is 4.79 Å². The van der Waals surface area contributed by atoms with Crippen LogP contribution in [0.5, 0.6) is 0 Å². The van der Waals surface area contributed by atoms with E-state index in [2.05, 4.69) is 6.92 Å². The highest BCUT2D eigenvalue weighted by Crippen LogP contribution is 2.24. The lowest BCUT2D eigenvalue weighted by Gasteiger charge is -2.32. The number of unbranched alkanes of at least 4 members (excludes halogenated alkanes) is 3. The highest BCUT2D eigenvalue weighted by Gasteiger charge is 2.22. The Morgan fingerprint density at radius 2 is 1.80 bits per heavy atom. The van der Waals surface area contributed by atoms with Crippen molar-refractivity contribution in [2.75, 3.05) is 13.1 Å². The largest absolute Gasteiger partial charge is 0.339 e. The molecule has 109 valence electrons. The van der Waals surface area contributed by atoms with Crippen LogP contribution in [0.2, 0.25) is 0 Å². The van der Waals surface area contributed by atoms with Crippen LogP contribution in [0.15, 0.2) is 30.3 Å². The van der Waals surface area contributed by atoms with Crippen molar-refractivity contribution in [1.82, 2.24) is 4.90 Å². The number of carbonyl (C=O) groups is 1. The second-order valence-electron chi connectivity index (χ2n) is 5.80. The quantitative estimate of drug-likeness (QED) is 0.706. The average molecular weight is 272 g/mol. The maximum Gasteiger partial charge on any atom is 0.253 e. The molecule has 2 nitrogen and oxygen atoms in total. The molecule has 1 saturated heterocycles. The normalized spacial score (nSPS) is 16.4. The van der Waals surface area contributed by atoms with Gasteiger partial charge >= 0.3 is 0 Å². The Hall–Kier alpha value is -1.31. The van der Waals surface area contributed by atoms with Gasteiger partial charge in [-0.05, 0) is 30.9 Å². The number of piperidine rings is 1. The van der Waals surface area contributed by atoms with Crippen molar-refractivity contribution in [3.63, 3.8) is 0 Å². The van der Waals surface area contributed by atoms with Gasteiger partial charge in [0.1, 0.15) is 0 Å². The zero-order chi connectivity index (χ0) is 14.2. The highest BCUT2D eigenvalue weighted by molar-refractivity contribution is 5.94. The maximum absolute atomic E-state index is 12.3. The molecule has 0 N–H and O–H groups in total. The number of hydrogen-bond acceptors (Lipinski definition) is 1. The third kappa shape index (κ3) is 4.36. The van der Waals surface area contributed by atoms with Crippen LogP contribution >= 0.6 is 0 Å². The van der Waals surface area contributed by atoms with E-state index in [1.54, 1.807) is 0 Å². The second-order valence-corrected chi connectivity index (χ2v) is 5.80. The molecule has 2 heteroatoms. The Morgan fingerprint density at radius 3 is 2.45 bits per heavy atom. The van der Waals surface area contributed by atoms with Crippen LogP contribution < -0.4 is 0 Å². The minimum absolute atomic E-state index is 0.195. The van der Waals surface area contributed by atoms with Crippen molar-refractivity contribution in [1.29, 1.82) is 0 Å². The highest BCUT2D eigenvalue weighted by atomic mass is 16.2. The van der Waals surface area contributed by atoms with E-state index in [1.807, 2.05) is 35.2 Å². The molecule has 2 rings (SSSR count). The van der Waals surface area contributed by atoms with E-state index in [4.69, 9.17) is 0 Å². The lowest BCUT2D eigenvalue weighted by Crippen LogP contribution is -2.38. The van der Waals surface area contributed by atoms with Crippen molar-refractivity contribution < 1.29 is 4.79 Å². The van der Waals surface area contributed by atoms with Gasteiger partial charge < -0.3 is 4.90 Å².